The lowest BCUT2D eigenvalue weighted by molar-refractivity contribution is -0.283. The molecule has 0 saturated carbocycles. The summed E-state index contributed by atoms with van der Waals surface area (Å²) in [6.07, 6.45) is -10.3. The van der Waals surface area contributed by atoms with Gasteiger partial charge in [0, 0.05) is 6.20 Å². The number of aromatic amines is 1. The maximum absolute atomic E-state index is 13.1. The molecule has 0 aliphatic heterocycles. The number of nitrogens with two attached hydrogens (primary N) is 1. The fourth-order valence-corrected chi connectivity index (χ4v) is 4.04. The summed E-state index contributed by atoms with van der Waals surface area (Å²) in [5.74, 6) is -5.18. The van der Waals surface area contributed by atoms with E-state index in [4.69, 9.17) is 10.8 Å². The predicted molar refractivity (Wildman–Crippen MR) is 136 cm³/mol. The van der Waals surface area contributed by atoms with Gasteiger partial charge in [0.25, 0.3) is 5.56 Å². The van der Waals surface area contributed by atoms with Crippen LogP contribution in [0.4, 0.5) is 36.8 Å². The van der Waals surface area contributed by atoms with Gasteiger partial charge in [-0.3, -0.25) is 14.4 Å². The second kappa shape index (κ2) is 12.8. The summed E-state index contributed by atoms with van der Waals surface area (Å²) in [5.41, 5.74) is 3.69. The SMILES string of the molecule is NC(=O)/C=C/CC[C@H](NC(=O)O)C(=O)Nc1cccn(Cc2nc3c(CC(C(F)(F)F)C(F)(F)F)cccc3[nH]2)c1=O. The number of pyridine rings is 1. The molecule has 0 aliphatic rings. The van der Waals surface area contributed by atoms with Gasteiger partial charge in [-0.05, 0) is 49.1 Å². The summed E-state index contributed by atoms with van der Waals surface area (Å²) in [4.78, 5) is 54.5. The molecule has 3 amide bonds. The number of anilines is 1. The normalized spacial score (nSPS) is 13.0. The van der Waals surface area contributed by atoms with Crippen LogP contribution < -0.4 is 21.9 Å². The van der Waals surface area contributed by atoms with Crippen LogP contribution in [0, 0.1) is 5.92 Å². The molecule has 226 valence electrons. The minimum atomic E-state index is -5.53. The van der Waals surface area contributed by atoms with E-state index >= 15 is 0 Å². The van der Waals surface area contributed by atoms with E-state index < -0.39 is 54.2 Å². The summed E-state index contributed by atoms with van der Waals surface area (Å²) in [7, 11) is 0. The second-order valence-electron chi connectivity index (χ2n) is 9.07. The lowest BCUT2D eigenvalue weighted by atomic mass is 9.97. The van der Waals surface area contributed by atoms with Crippen molar-refractivity contribution in [2.24, 2.45) is 11.7 Å². The van der Waals surface area contributed by atoms with E-state index in [1.165, 1.54) is 36.5 Å². The molecule has 1 aromatic carbocycles. The van der Waals surface area contributed by atoms with Gasteiger partial charge in [0.1, 0.15) is 17.6 Å². The number of alkyl halides is 6. The van der Waals surface area contributed by atoms with Crippen LogP contribution in [0.1, 0.15) is 24.2 Å². The number of carbonyl (C=O) groups is 3. The van der Waals surface area contributed by atoms with Crippen LogP contribution >= 0.6 is 0 Å². The van der Waals surface area contributed by atoms with Gasteiger partial charge in [-0.25, -0.2) is 9.78 Å². The number of benzene rings is 1. The number of carboxylic acid groups (broad SMARTS) is 1. The van der Waals surface area contributed by atoms with E-state index in [1.807, 2.05) is 5.32 Å². The molecular weight excluding hydrogens is 578 g/mol. The zero-order valence-corrected chi connectivity index (χ0v) is 21.4. The van der Waals surface area contributed by atoms with Crippen LogP contribution in [-0.4, -0.2) is 55.9 Å². The summed E-state index contributed by atoms with van der Waals surface area (Å²) in [6, 6.07) is 5.09. The number of para-hydroxylation sites is 1. The van der Waals surface area contributed by atoms with E-state index in [0.717, 1.165) is 16.7 Å². The highest BCUT2D eigenvalue weighted by molar-refractivity contribution is 5.96. The summed E-state index contributed by atoms with van der Waals surface area (Å²) in [6.45, 7) is -0.298. The first-order chi connectivity index (χ1) is 19.6. The van der Waals surface area contributed by atoms with Gasteiger partial charge >= 0.3 is 18.4 Å². The summed E-state index contributed by atoms with van der Waals surface area (Å²) >= 11 is 0. The monoisotopic (exact) mass is 602 g/mol. The van der Waals surface area contributed by atoms with Crippen molar-refractivity contribution in [2.45, 2.75) is 44.2 Å². The lowest BCUT2D eigenvalue weighted by Gasteiger charge is -2.23. The molecule has 6 N–H and O–H groups in total. The Morgan fingerprint density at radius 3 is 2.40 bits per heavy atom. The van der Waals surface area contributed by atoms with Crippen molar-refractivity contribution in [3.8, 4) is 0 Å². The number of hydrogen-bond acceptors (Lipinski definition) is 5. The van der Waals surface area contributed by atoms with E-state index in [0.29, 0.717) is 0 Å². The standard InChI is InChI=1S/C25H24F6N6O5/c26-24(27,28)17(25(29,30)31)11-13-5-3-7-14-20(13)36-19(33-14)12-37-10-4-8-16(22(37)40)34-21(39)15(35-23(41)42)6-1-2-9-18(32)38/h2-5,7-10,15,17,35H,1,6,11-12H2,(H2,32,38)(H,33,36)(H,34,39)(H,41,42)/b9-2+/t15-/m0/s1. The number of fused-ring (bicyclic) bond motifs is 1. The highest BCUT2D eigenvalue weighted by atomic mass is 19.4. The first-order valence-corrected chi connectivity index (χ1v) is 12.1. The molecular formula is C25H24F6N6O5. The van der Waals surface area contributed by atoms with Crippen LogP contribution in [0.25, 0.3) is 11.0 Å². The summed E-state index contributed by atoms with van der Waals surface area (Å²) < 4.78 is 79.8. The quantitative estimate of drug-likeness (QED) is 0.166. The molecule has 0 aliphatic carbocycles. The van der Waals surface area contributed by atoms with E-state index in [1.54, 1.807) is 0 Å². The van der Waals surface area contributed by atoms with Crippen LogP contribution in [0.15, 0.2) is 53.5 Å². The van der Waals surface area contributed by atoms with Crippen LogP contribution in [0.3, 0.4) is 0 Å². The highest BCUT2D eigenvalue weighted by Crippen LogP contribution is 2.41. The van der Waals surface area contributed by atoms with Gasteiger partial charge in [-0.15, -0.1) is 0 Å². The van der Waals surface area contributed by atoms with Gasteiger partial charge in [-0.2, -0.15) is 26.3 Å². The van der Waals surface area contributed by atoms with E-state index in [-0.39, 0.29) is 47.5 Å². The molecule has 1 atom stereocenters. The molecule has 0 fully saturated rings. The Morgan fingerprint density at radius 1 is 1.10 bits per heavy atom. The number of halogens is 6. The van der Waals surface area contributed by atoms with Crippen molar-refractivity contribution in [3.05, 3.63) is 70.4 Å². The zero-order chi connectivity index (χ0) is 31.2. The predicted octanol–water partition coefficient (Wildman–Crippen LogP) is 3.45. The Labute approximate surface area is 232 Å². The maximum atomic E-state index is 13.1. The number of amides is 3. The van der Waals surface area contributed by atoms with Gasteiger partial charge in [0.05, 0.1) is 17.6 Å². The third-order valence-electron chi connectivity index (χ3n) is 5.98. The molecule has 2 aromatic heterocycles. The third kappa shape index (κ3) is 8.34. The molecule has 0 radical (unpaired) electrons. The number of primary amides is 1. The van der Waals surface area contributed by atoms with Crippen LogP contribution in [-0.2, 0) is 22.6 Å². The largest absolute Gasteiger partial charge is 0.465 e. The number of nitrogens with one attached hydrogen (secondary N) is 3. The average Bonchev–Trinajstić information content (AvgIpc) is 3.28. The molecule has 11 nitrogen and oxygen atoms in total. The second-order valence-corrected chi connectivity index (χ2v) is 9.07. The first-order valence-electron chi connectivity index (χ1n) is 12.1. The number of nitrogens with zero attached hydrogens (tertiary/aromatic N) is 2. The van der Waals surface area contributed by atoms with Crippen molar-refractivity contribution in [1.29, 1.82) is 0 Å². The minimum absolute atomic E-state index is 0.0326. The van der Waals surface area contributed by atoms with Gasteiger partial charge in [-0.1, -0.05) is 18.2 Å². The smallest absolute Gasteiger partial charge is 0.405 e. The maximum Gasteiger partial charge on any atom is 0.405 e. The van der Waals surface area contributed by atoms with Crippen molar-refractivity contribution in [2.75, 3.05) is 5.32 Å². The number of carbonyl (C=O) groups excluding carboxylic acids is 2. The highest BCUT2D eigenvalue weighted by Gasteiger charge is 2.56. The van der Waals surface area contributed by atoms with Crippen LogP contribution in [0.2, 0.25) is 0 Å². The van der Waals surface area contributed by atoms with Crippen LogP contribution in [0.5, 0.6) is 0 Å². The molecule has 17 heteroatoms. The Kier molecular flexibility index (Phi) is 9.64. The summed E-state index contributed by atoms with van der Waals surface area (Å²) in [5, 5.41) is 13.4. The van der Waals surface area contributed by atoms with Gasteiger partial charge < -0.3 is 31.0 Å². The van der Waals surface area contributed by atoms with Crippen molar-refractivity contribution in [1.82, 2.24) is 19.9 Å². The molecule has 2 heterocycles. The number of aromatic nitrogens is 3. The fourth-order valence-electron chi connectivity index (χ4n) is 4.04. The Morgan fingerprint density at radius 2 is 1.79 bits per heavy atom. The fraction of sp³-hybridized carbons (Fsp3) is 0.320. The minimum Gasteiger partial charge on any atom is -0.465 e. The third-order valence-corrected chi connectivity index (χ3v) is 5.98. The van der Waals surface area contributed by atoms with Crippen molar-refractivity contribution in [3.63, 3.8) is 0 Å². The number of allylic oxidation sites excluding steroid dienone is 1. The number of H-pyrrole nitrogens is 1. The first kappa shape index (κ1) is 31.7. The number of hydrogen-bond donors (Lipinski definition) is 5. The molecule has 0 spiro atoms. The zero-order valence-electron chi connectivity index (χ0n) is 21.4. The van der Waals surface area contributed by atoms with Crippen molar-refractivity contribution < 1.29 is 45.8 Å². The molecule has 0 unspecified atom stereocenters. The molecule has 3 aromatic rings. The Hall–Kier alpha value is -4.83. The Bertz CT molecular complexity index is 1530. The molecule has 3 rings (SSSR count). The molecule has 0 saturated heterocycles. The van der Waals surface area contributed by atoms with Crippen molar-refractivity contribution >= 4 is 34.6 Å². The molecule has 42 heavy (non-hydrogen) atoms. The number of imidazole rings is 1. The van der Waals surface area contributed by atoms with Gasteiger partial charge in [0.15, 0.2) is 5.92 Å². The topological polar surface area (TPSA) is 172 Å². The van der Waals surface area contributed by atoms with E-state index in [9.17, 15) is 45.5 Å². The Balaban J connectivity index is 1.82. The molecule has 0 bridgehead atoms. The van der Waals surface area contributed by atoms with Gasteiger partial charge in [0.2, 0.25) is 11.8 Å². The average molecular weight is 602 g/mol. The van der Waals surface area contributed by atoms with E-state index in [2.05, 4.69) is 15.3 Å². The number of rotatable bonds is 11. The lowest BCUT2D eigenvalue weighted by Crippen LogP contribution is -2.44.